The summed E-state index contributed by atoms with van der Waals surface area (Å²) in [4.78, 5) is 16.5. The summed E-state index contributed by atoms with van der Waals surface area (Å²) in [6.07, 6.45) is 2.37. The number of hydrogen-bond donors (Lipinski definition) is 1. The molecule has 0 unspecified atom stereocenters. The quantitative estimate of drug-likeness (QED) is 0.649. The summed E-state index contributed by atoms with van der Waals surface area (Å²) in [6.45, 7) is 1.05. The highest BCUT2D eigenvalue weighted by Crippen LogP contribution is 2.32. The Morgan fingerprint density at radius 3 is 2.81 bits per heavy atom. The van der Waals surface area contributed by atoms with Gasteiger partial charge in [-0.05, 0) is 24.3 Å². The number of benzene rings is 2. The molecule has 1 aromatic heterocycles. The van der Waals surface area contributed by atoms with Gasteiger partial charge in [0.15, 0.2) is 23.1 Å². The van der Waals surface area contributed by atoms with Crippen LogP contribution in [0.25, 0.3) is 11.3 Å². The summed E-state index contributed by atoms with van der Waals surface area (Å²) in [5, 5.41) is 2.86. The van der Waals surface area contributed by atoms with Crippen LogP contribution in [-0.4, -0.2) is 24.1 Å². The summed E-state index contributed by atoms with van der Waals surface area (Å²) in [6, 6.07) is 13.1. The normalized spacial score (nSPS) is 12.6. The molecule has 0 aliphatic carbocycles. The number of amides is 1. The van der Waals surface area contributed by atoms with Gasteiger partial charge in [-0.15, -0.1) is 0 Å². The summed E-state index contributed by atoms with van der Waals surface area (Å²) in [7, 11) is 0. The van der Waals surface area contributed by atoms with Crippen molar-refractivity contribution in [3.63, 3.8) is 0 Å². The molecular formula is C20H17BrN2O4. The molecule has 138 valence electrons. The Bertz CT molecular complexity index is 970. The number of aryl methyl sites for hydroxylation is 1. The SMILES string of the molecule is O=C(CCc1ncc(-c2cccc(Br)c2)o1)Nc1ccc2c(c1)OCCO2. The molecular weight excluding hydrogens is 412 g/mol. The van der Waals surface area contributed by atoms with Gasteiger partial charge in [0.05, 0.1) is 6.20 Å². The van der Waals surface area contributed by atoms with E-state index in [1.54, 1.807) is 24.4 Å². The van der Waals surface area contributed by atoms with E-state index >= 15 is 0 Å². The maximum atomic E-state index is 12.2. The lowest BCUT2D eigenvalue weighted by molar-refractivity contribution is -0.116. The molecule has 0 radical (unpaired) electrons. The number of anilines is 1. The van der Waals surface area contributed by atoms with Crippen LogP contribution in [-0.2, 0) is 11.2 Å². The van der Waals surface area contributed by atoms with Crippen molar-refractivity contribution in [3.05, 3.63) is 59.0 Å². The van der Waals surface area contributed by atoms with E-state index in [4.69, 9.17) is 13.9 Å². The third-order valence-electron chi connectivity index (χ3n) is 4.05. The zero-order chi connectivity index (χ0) is 18.6. The largest absolute Gasteiger partial charge is 0.486 e. The van der Waals surface area contributed by atoms with Gasteiger partial charge in [0.2, 0.25) is 5.91 Å². The number of nitrogens with one attached hydrogen (secondary N) is 1. The molecule has 4 rings (SSSR count). The monoisotopic (exact) mass is 428 g/mol. The lowest BCUT2D eigenvalue weighted by atomic mass is 10.2. The number of fused-ring (bicyclic) bond motifs is 1. The first-order valence-corrected chi connectivity index (χ1v) is 9.37. The Labute approximate surface area is 164 Å². The van der Waals surface area contributed by atoms with Crippen LogP contribution >= 0.6 is 15.9 Å². The minimum atomic E-state index is -0.117. The maximum absolute atomic E-state index is 12.2. The highest BCUT2D eigenvalue weighted by atomic mass is 79.9. The number of rotatable bonds is 5. The van der Waals surface area contributed by atoms with Crippen molar-refractivity contribution in [1.29, 1.82) is 0 Å². The zero-order valence-electron chi connectivity index (χ0n) is 14.4. The van der Waals surface area contributed by atoms with E-state index < -0.39 is 0 Å². The number of hydrogen-bond acceptors (Lipinski definition) is 5. The number of carbonyl (C=O) groups is 1. The van der Waals surface area contributed by atoms with Crippen LogP contribution in [0.4, 0.5) is 5.69 Å². The van der Waals surface area contributed by atoms with E-state index in [9.17, 15) is 4.79 Å². The van der Waals surface area contributed by atoms with Gasteiger partial charge in [-0.3, -0.25) is 4.79 Å². The van der Waals surface area contributed by atoms with Crippen molar-refractivity contribution in [2.45, 2.75) is 12.8 Å². The fourth-order valence-electron chi connectivity index (χ4n) is 2.77. The summed E-state index contributed by atoms with van der Waals surface area (Å²) >= 11 is 3.44. The molecule has 7 heteroatoms. The summed E-state index contributed by atoms with van der Waals surface area (Å²) in [5.74, 6) is 2.43. The van der Waals surface area contributed by atoms with Crippen LogP contribution in [0, 0.1) is 0 Å². The van der Waals surface area contributed by atoms with E-state index in [2.05, 4.69) is 26.2 Å². The molecule has 0 bridgehead atoms. The Balaban J connectivity index is 1.34. The molecule has 2 aromatic carbocycles. The van der Waals surface area contributed by atoms with Crippen molar-refractivity contribution in [3.8, 4) is 22.8 Å². The van der Waals surface area contributed by atoms with Crippen LogP contribution in [0.15, 0.2) is 57.6 Å². The average Bonchev–Trinajstić information content (AvgIpc) is 3.15. The summed E-state index contributed by atoms with van der Waals surface area (Å²) < 4.78 is 17.7. The molecule has 27 heavy (non-hydrogen) atoms. The smallest absolute Gasteiger partial charge is 0.224 e. The minimum Gasteiger partial charge on any atom is -0.486 e. The van der Waals surface area contributed by atoms with Gasteiger partial charge in [-0.2, -0.15) is 0 Å². The van der Waals surface area contributed by atoms with Crippen molar-refractivity contribution in [2.75, 3.05) is 18.5 Å². The first-order chi connectivity index (χ1) is 13.2. The van der Waals surface area contributed by atoms with Crippen LogP contribution in [0.1, 0.15) is 12.3 Å². The van der Waals surface area contributed by atoms with E-state index in [1.165, 1.54) is 0 Å². The van der Waals surface area contributed by atoms with E-state index in [0.717, 1.165) is 10.0 Å². The second kappa shape index (κ2) is 7.84. The van der Waals surface area contributed by atoms with Crippen LogP contribution in [0.2, 0.25) is 0 Å². The first kappa shape index (κ1) is 17.6. The molecule has 0 atom stereocenters. The molecule has 1 amide bonds. The molecule has 0 fully saturated rings. The highest BCUT2D eigenvalue weighted by Gasteiger charge is 2.14. The first-order valence-electron chi connectivity index (χ1n) is 8.57. The minimum absolute atomic E-state index is 0.117. The van der Waals surface area contributed by atoms with Crippen molar-refractivity contribution in [1.82, 2.24) is 4.98 Å². The molecule has 1 aliphatic heterocycles. The number of ether oxygens (including phenoxy) is 2. The Morgan fingerprint density at radius 2 is 1.96 bits per heavy atom. The Morgan fingerprint density at radius 1 is 1.11 bits per heavy atom. The number of nitrogens with zero attached hydrogens (tertiary/aromatic N) is 1. The van der Waals surface area contributed by atoms with E-state index in [-0.39, 0.29) is 12.3 Å². The van der Waals surface area contributed by atoms with Gasteiger partial charge < -0.3 is 19.2 Å². The third-order valence-corrected chi connectivity index (χ3v) is 4.55. The fraction of sp³-hybridized carbons (Fsp3) is 0.200. The maximum Gasteiger partial charge on any atom is 0.224 e. The standard InChI is InChI=1S/C20H17BrN2O4/c21-14-3-1-2-13(10-14)18-12-22-20(27-18)7-6-19(24)23-15-4-5-16-17(11-15)26-9-8-25-16/h1-5,10-12H,6-9H2,(H,23,24). The van der Waals surface area contributed by atoms with Crippen molar-refractivity contribution < 1.29 is 18.7 Å². The highest BCUT2D eigenvalue weighted by molar-refractivity contribution is 9.10. The van der Waals surface area contributed by atoms with Gasteiger partial charge in [0.25, 0.3) is 0 Å². The molecule has 2 heterocycles. The van der Waals surface area contributed by atoms with Gasteiger partial charge in [0.1, 0.15) is 13.2 Å². The number of oxazole rings is 1. The molecule has 3 aromatic rings. The van der Waals surface area contributed by atoms with Gasteiger partial charge in [-0.25, -0.2) is 4.98 Å². The predicted molar refractivity (Wildman–Crippen MR) is 104 cm³/mol. The Kier molecular flexibility index (Phi) is 5.11. The predicted octanol–water partition coefficient (Wildman–Crippen LogP) is 4.45. The van der Waals surface area contributed by atoms with Crippen LogP contribution in [0.3, 0.4) is 0 Å². The second-order valence-electron chi connectivity index (χ2n) is 6.04. The molecule has 1 aliphatic rings. The molecule has 0 spiro atoms. The number of halogens is 1. The second-order valence-corrected chi connectivity index (χ2v) is 6.95. The number of aromatic nitrogens is 1. The van der Waals surface area contributed by atoms with Crippen molar-refractivity contribution in [2.24, 2.45) is 0 Å². The summed E-state index contributed by atoms with van der Waals surface area (Å²) in [5.41, 5.74) is 1.61. The lowest BCUT2D eigenvalue weighted by Crippen LogP contribution is -2.16. The van der Waals surface area contributed by atoms with Crippen molar-refractivity contribution >= 4 is 27.5 Å². The molecule has 0 saturated heterocycles. The molecule has 1 N–H and O–H groups in total. The number of carbonyl (C=O) groups excluding carboxylic acids is 1. The van der Waals surface area contributed by atoms with E-state index in [1.807, 2.05) is 24.3 Å². The third kappa shape index (κ3) is 4.31. The van der Waals surface area contributed by atoms with Crippen LogP contribution in [0.5, 0.6) is 11.5 Å². The van der Waals surface area contributed by atoms with Gasteiger partial charge in [-0.1, -0.05) is 28.1 Å². The average molecular weight is 429 g/mol. The van der Waals surface area contributed by atoms with E-state index in [0.29, 0.717) is 48.5 Å². The van der Waals surface area contributed by atoms with Gasteiger partial charge >= 0.3 is 0 Å². The molecule has 6 nitrogen and oxygen atoms in total. The van der Waals surface area contributed by atoms with Gasteiger partial charge in [0, 0.05) is 34.6 Å². The Hall–Kier alpha value is -2.80. The lowest BCUT2D eigenvalue weighted by Gasteiger charge is -2.18. The zero-order valence-corrected chi connectivity index (χ0v) is 16.0. The topological polar surface area (TPSA) is 73.6 Å². The van der Waals surface area contributed by atoms with Crippen LogP contribution < -0.4 is 14.8 Å². The fourth-order valence-corrected chi connectivity index (χ4v) is 3.17. The molecule has 0 saturated carbocycles.